The molecule has 1 heterocycles. The van der Waals surface area contributed by atoms with Gasteiger partial charge in [-0.05, 0) is 53.6 Å². The highest BCUT2D eigenvalue weighted by atomic mass is 79.9. The molecule has 7 nitrogen and oxygen atoms in total. The van der Waals surface area contributed by atoms with Gasteiger partial charge in [0, 0.05) is 15.4 Å². The Kier molecular flexibility index (Phi) is 6.01. The summed E-state index contributed by atoms with van der Waals surface area (Å²) in [6.07, 6.45) is -4.41. The van der Waals surface area contributed by atoms with Gasteiger partial charge < -0.3 is 10.6 Å². The van der Waals surface area contributed by atoms with E-state index in [1.165, 1.54) is 17.6 Å². The number of carbonyl (C=O) groups excluding carboxylic acids is 1. The van der Waals surface area contributed by atoms with Gasteiger partial charge in [0.25, 0.3) is 5.84 Å². The minimum absolute atomic E-state index is 0.413. The molecule has 0 radical (unpaired) electrons. The number of hydrogen-bond acceptors (Lipinski definition) is 4. The van der Waals surface area contributed by atoms with Gasteiger partial charge in [-0.3, -0.25) is 0 Å². The van der Waals surface area contributed by atoms with E-state index in [1.54, 1.807) is 36.4 Å². The molecule has 0 unspecified atom stereocenters. The molecule has 0 aliphatic carbocycles. The molecule has 2 amide bonds. The van der Waals surface area contributed by atoms with Crippen molar-refractivity contribution in [3.8, 4) is 11.1 Å². The molecule has 0 saturated carbocycles. The summed E-state index contributed by atoms with van der Waals surface area (Å²) in [7, 11) is 0. The number of halogens is 4. The van der Waals surface area contributed by atoms with Crippen molar-refractivity contribution in [1.82, 2.24) is 0 Å². The van der Waals surface area contributed by atoms with Gasteiger partial charge in [-0.2, -0.15) is 13.2 Å². The first-order chi connectivity index (χ1) is 15.3. The molecule has 0 bridgehead atoms. The average Bonchev–Trinajstić information content (AvgIpc) is 3.28. The Hall–Kier alpha value is -3.57. The van der Waals surface area contributed by atoms with Crippen molar-refractivity contribution >= 4 is 39.2 Å². The normalized spacial score (nSPS) is 13.1. The lowest BCUT2D eigenvalue weighted by Crippen LogP contribution is -2.80. The van der Waals surface area contributed by atoms with Gasteiger partial charge in [0.15, 0.2) is 0 Å². The van der Waals surface area contributed by atoms with E-state index >= 15 is 0 Å². The number of nitrogens with zero attached hydrogens (tertiary/aromatic N) is 3. The maximum absolute atomic E-state index is 12.9. The maximum atomic E-state index is 12.9. The van der Waals surface area contributed by atoms with E-state index in [0.717, 1.165) is 16.6 Å². The van der Waals surface area contributed by atoms with E-state index < -0.39 is 17.8 Å². The fraction of sp³-hybridized carbons (Fsp3) is 0.0476. The van der Waals surface area contributed by atoms with Crippen molar-refractivity contribution in [1.29, 1.82) is 0 Å². The lowest BCUT2D eigenvalue weighted by molar-refractivity contribution is -0.546. The zero-order valence-electron chi connectivity index (χ0n) is 16.2. The zero-order valence-corrected chi connectivity index (χ0v) is 17.8. The first-order valence-electron chi connectivity index (χ1n) is 9.26. The summed E-state index contributed by atoms with van der Waals surface area (Å²) in [4.78, 5) is 12.5. The fourth-order valence-electron chi connectivity index (χ4n) is 3.05. The Bertz CT molecular complexity index is 1220. The van der Waals surface area contributed by atoms with Crippen LogP contribution < -0.4 is 16.1 Å². The summed E-state index contributed by atoms with van der Waals surface area (Å²) in [6, 6.07) is 16.5. The third kappa shape index (κ3) is 5.01. The second kappa shape index (κ2) is 8.89. The molecule has 3 aromatic rings. The summed E-state index contributed by atoms with van der Waals surface area (Å²) in [6.45, 7) is 0. The lowest BCUT2D eigenvalue weighted by Gasteiger charge is -2.13. The smallest absolute Gasteiger partial charge is 0.308 e. The number of carbonyl (C=O) groups is 1. The first kappa shape index (κ1) is 21.7. The third-order valence-electron chi connectivity index (χ3n) is 4.56. The number of rotatable bonds is 4. The Labute approximate surface area is 188 Å². The summed E-state index contributed by atoms with van der Waals surface area (Å²) in [5.74, 6) is 0.413. The summed E-state index contributed by atoms with van der Waals surface area (Å²) >= 11 is 3.35. The van der Waals surface area contributed by atoms with E-state index in [2.05, 4.69) is 42.1 Å². The van der Waals surface area contributed by atoms with Gasteiger partial charge in [-0.1, -0.05) is 45.3 Å². The van der Waals surface area contributed by atoms with Crippen LogP contribution in [0.3, 0.4) is 0 Å². The largest absolute Gasteiger partial charge is 0.416 e. The van der Waals surface area contributed by atoms with Gasteiger partial charge in [0.05, 0.1) is 22.0 Å². The van der Waals surface area contributed by atoms with Crippen LogP contribution in [0.4, 0.5) is 29.3 Å². The van der Waals surface area contributed by atoms with Crippen molar-refractivity contribution in [2.45, 2.75) is 6.18 Å². The quantitative estimate of drug-likeness (QED) is 0.409. The fourth-order valence-corrected chi connectivity index (χ4v) is 3.45. The van der Waals surface area contributed by atoms with Crippen molar-refractivity contribution < 1.29 is 23.4 Å². The highest BCUT2D eigenvalue weighted by Crippen LogP contribution is 2.32. The molecule has 0 fully saturated rings. The zero-order chi connectivity index (χ0) is 22.7. The Morgan fingerprint density at radius 2 is 1.69 bits per heavy atom. The number of amidine groups is 1. The predicted octanol–water partition coefficient (Wildman–Crippen LogP) is 5.38. The highest BCUT2D eigenvalue weighted by Gasteiger charge is 2.30. The summed E-state index contributed by atoms with van der Waals surface area (Å²) in [5.41, 5.74) is 3.49. The maximum Gasteiger partial charge on any atom is 0.416 e. The average molecular weight is 504 g/mol. The molecule has 3 aromatic carbocycles. The molecule has 1 aliphatic rings. The van der Waals surface area contributed by atoms with Crippen LogP contribution in [-0.2, 0) is 6.18 Å². The van der Waals surface area contributed by atoms with Gasteiger partial charge in [0.2, 0.25) is 0 Å². The predicted molar refractivity (Wildman–Crippen MR) is 117 cm³/mol. The van der Waals surface area contributed by atoms with E-state index in [9.17, 15) is 18.0 Å². The number of alkyl halides is 3. The van der Waals surface area contributed by atoms with Crippen LogP contribution in [0.1, 0.15) is 11.1 Å². The van der Waals surface area contributed by atoms with Crippen molar-refractivity contribution in [3.05, 3.63) is 82.3 Å². The topological polar surface area (TPSA) is 94.8 Å². The second-order valence-electron chi connectivity index (χ2n) is 6.74. The number of anilines is 2. The number of nitrogens with one attached hydrogen (secondary N) is 2. The standard InChI is InChI=1S/C21H14BrF3N6O/c22-15-2-1-3-16(11-15)26-20(32)27-18-9-6-13(10-17(18)19-28-30-31-29-19)12-4-7-14(8-5-12)21(23,24)25/h1-11H,(H2,26,27,32)(H,28,29,30,31)/p+1. The second-order valence-corrected chi connectivity index (χ2v) is 7.66. The van der Waals surface area contributed by atoms with E-state index in [0.29, 0.717) is 33.9 Å². The van der Waals surface area contributed by atoms with Crippen molar-refractivity contribution in [3.63, 3.8) is 0 Å². The molecule has 0 atom stereocenters. The number of amides is 2. The molecule has 0 saturated heterocycles. The van der Waals surface area contributed by atoms with Gasteiger partial charge in [0.1, 0.15) is 0 Å². The number of hydrogen-bond donors (Lipinski definition) is 3. The monoisotopic (exact) mass is 503 g/mol. The molecule has 0 spiro atoms. The minimum Gasteiger partial charge on any atom is -0.308 e. The van der Waals surface area contributed by atoms with Crippen molar-refractivity contribution in [2.75, 3.05) is 10.6 Å². The molecular formula is C21H15BrF3N6O+. The van der Waals surface area contributed by atoms with Crippen LogP contribution >= 0.6 is 15.9 Å². The van der Waals surface area contributed by atoms with Crippen molar-refractivity contribution in [2.24, 2.45) is 15.5 Å². The van der Waals surface area contributed by atoms with E-state index in [4.69, 9.17) is 0 Å². The van der Waals surface area contributed by atoms with Crippen LogP contribution in [0.25, 0.3) is 11.1 Å². The van der Waals surface area contributed by atoms with Crippen LogP contribution in [0.15, 0.2) is 86.8 Å². The third-order valence-corrected chi connectivity index (χ3v) is 5.05. The van der Waals surface area contributed by atoms with Crippen LogP contribution in [0, 0.1) is 0 Å². The number of benzene rings is 3. The summed E-state index contributed by atoms with van der Waals surface area (Å²) in [5, 5.41) is 16.7. The molecular weight excluding hydrogens is 489 g/mol. The molecule has 162 valence electrons. The number of quaternary nitrogens is 1. The van der Waals surface area contributed by atoms with E-state index in [1.807, 2.05) is 6.07 Å². The Morgan fingerprint density at radius 1 is 0.938 bits per heavy atom. The van der Waals surface area contributed by atoms with Gasteiger partial charge in [-0.15, -0.1) is 5.43 Å². The SMILES string of the molecule is O=C(Nc1cccc(Br)c1)Nc1ccc(-c2ccc(C(F)(F)F)cc2)cc1C1=NN=N[NH2+]1. The number of urea groups is 1. The minimum atomic E-state index is -4.41. The molecule has 11 heteroatoms. The van der Waals surface area contributed by atoms with E-state index in [-0.39, 0.29) is 0 Å². The van der Waals surface area contributed by atoms with Crippen LogP contribution in [0.5, 0.6) is 0 Å². The van der Waals surface area contributed by atoms with Gasteiger partial charge >= 0.3 is 12.2 Å². The lowest BCUT2D eigenvalue weighted by atomic mass is 10.00. The van der Waals surface area contributed by atoms with Crippen LogP contribution in [-0.4, -0.2) is 11.9 Å². The highest BCUT2D eigenvalue weighted by molar-refractivity contribution is 9.10. The molecule has 32 heavy (non-hydrogen) atoms. The Morgan fingerprint density at radius 3 is 2.34 bits per heavy atom. The molecule has 1 aliphatic heterocycles. The molecule has 4 rings (SSSR count). The molecule has 4 N–H and O–H groups in total. The van der Waals surface area contributed by atoms with Crippen LogP contribution in [0.2, 0.25) is 0 Å². The summed E-state index contributed by atoms with van der Waals surface area (Å²) < 4.78 is 39.4. The van der Waals surface area contributed by atoms with Gasteiger partial charge in [-0.25, -0.2) is 4.79 Å². The number of nitrogens with two attached hydrogens (primary N) is 1. The first-order valence-corrected chi connectivity index (χ1v) is 10.1. The Balaban J connectivity index is 1.61. The molecule has 0 aromatic heterocycles.